The van der Waals surface area contributed by atoms with Gasteiger partial charge in [0.1, 0.15) is 12.4 Å². The number of hydrazine groups is 1. The summed E-state index contributed by atoms with van der Waals surface area (Å²) in [5.41, 5.74) is 7.06. The van der Waals surface area contributed by atoms with Gasteiger partial charge in [-0.2, -0.15) is 13.2 Å². The largest absolute Gasteiger partial charge is 0.492 e. The third-order valence-corrected chi connectivity index (χ3v) is 7.46. The van der Waals surface area contributed by atoms with E-state index in [1.807, 2.05) is 6.92 Å². The molecule has 0 atom stereocenters. The number of carbonyl (C=O) groups excluding carboxylic acids is 1. The number of alkyl halides is 3. The van der Waals surface area contributed by atoms with Crippen LogP contribution in [0.5, 0.6) is 5.75 Å². The molecule has 2 aromatic carbocycles. The van der Waals surface area contributed by atoms with Crippen LogP contribution in [0.1, 0.15) is 39.2 Å². The van der Waals surface area contributed by atoms with Gasteiger partial charge in [0.25, 0.3) is 5.91 Å². The van der Waals surface area contributed by atoms with Gasteiger partial charge >= 0.3 is 6.18 Å². The van der Waals surface area contributed by atoms with Crippen LogP contribution in [0.15, 0.2) is 48.8 Å². The van der Waals surface area contributed by atoms with Gasteiger partial charge in [-0.3, -0.25) is 14.7 Å². The number of aryl methyl sites for hydroxylation is 1. The summed E-state index contributed by atoms with van der Waals surface area (Å²) in [5.74, 6) is 5.68. The molecule has 6 N–H and O–H groups in total. The molecule has 1 aliphatic heterocycles. The number of thiazole rings is 1. The van der Waals surface area contributed by atoms with E-state index in [-0.39, 0.29) is 23.6 Å². The first-order chi connectivity index (χ1) is 19.0. The van der Waals surface area contributed by atoms with Crippen LogP contribution in [-0.4, -0.2) is 49.1 Å². The molecular weight excluding hydrogens is 543 g/mol. The Labute approximate surface area is 234 Å². The number of benzene rings is 2. The van der Waals surface area contributed by atoms with Crippen molar-refractivity contribution in [3.05, 3.63) is 70.4 Å². The lowest BCUT2D eigenvalue weighted by atomic mass is 10.1. The zero-order valence-corrected chi connectivity index (χ0v) is 23.0. The van der Waals surface area contributed by atoms with Crippen LogP contribution in [0.4, 0.5) is 29.7 Å². The number of likely N-dealkylation sites (tertiary alicyclic amines) is 1. The van der Waals surface area contributed by atoms with Gasteiger partial charge in [-0.1, -0.05) is 17.4 Å². The fraction of sp³-hybridized carbons (Fsp3) is 0.333. The van der Waals surface area contributed by atoms with Crippen LogP contribution in [0.25, 0.3) is 5.70 Å². The molecule has 214 valence electrons. The van der Waals surface area contributed by atoms with E-state index in [0.29, 0.717) is 27.9 Å². The Morgan fingerprint density at radius 3 is 2.65 bits per heavy atom. The van der Waals surface area contributed by atoms with Gasteiger partial charge in [0.15, 0.2) is 5.13 Å². The molecule has 0 aliphatic carbocycles. The minimum absolute atomic E-state index is 0.0302. The molecule has 0 unspecified atom stereocenters. The highest BCUT2D eigenvalue weighted by Gasteiger charge is 2.32. The van der Waals surface area contributed by atoms with Crippen molar-refractivity contribution >= 4 is 39.4 Å². The maximum Gasteiger partial charge on any atom is 0.416 e. The molecule has 1 fully saturated rings. The average Bonchev–Trinajstić information content (AvgIpc) is 3.61. The van der Waals surface area contributed by atoms with Crippen LogP contribution >= 0.6 is 11.3 Å². The molecule has 1 aliphatic rings. The summed E-state index contributed by atoms with van der Waals surface area (Å²) in [5, 5.41) is 7.48. The summed E-state index contributed by atoms with van der Waals surface area (Å²) in [6.45, 7) is 4.59. The van der Waals surface area contributed by atoms with E-state index >= 15 is 0 Å². The number of rotatable bonds is 10. The highest BCUT2D eigenvalue weighted by atomic mass is 32.1. The summed E-state index contributed by atoms with van der Waals surface area (Å²) >= 11 is 1.35. The smallest absolute Gasteiger partial charge is 0.416 e. The van der Waals surface area contributed by atoms with Crippen molar-refractivity contribution in [1.82, 2.24) is 9.88 Å². The third kappa shape index (κ3) is 7.43. The van der Waals surface area contributed by atoms with Crippen LogP contribution in [-0.2, 0) is 6.18 Å². The van der Waals surface area contributed by atoms with Crippen molar-refractivity contribution < 1.29 is 22.7 Å². The van der Waals surface area contributed by atoms with Gasteiger partial charge in [0.2, 0.25) is 0 Å². The lowest BCUT2D eigenvalue weighted by molar-refractivity contribution is -0.137. The average molecular weight is 576 g/mol. The maximum atomic E-state index is 13.6. The standard InChI is InChI=1S/C27H32F3N7O2S/c1-17-5-6-18(11-23(17)37(32)16-22(31)24-15-34-26(33-2)40-24)25(38)35-20-12-19(27(28,29)30)13-21(14-20)39-10-9-36-7-3-4-8-36/h5-6,11-16H,3-4,7-10,31-32H2,1-2H3,(H,33,34)(H,35,38)/b22-16-. The molecule has 1 aromatic heterocycles. The van der Waals surface area contributed by atoms with E-state index in [1.54, 1.807) is 31.4 Å². The Bertz CT molecular complexity index is 1370. The number of nitrogens with two attached hydrogens (primary N) is 2. The highest BCUT2D eigenvalue weighted by Crippen LogP contribution is 2.34. The van der Waals surface area contributed by atoms with E-state index in [4.69, 9.17) is 16.3 Å². The number of amides is 1. The number of halogens is 3. The Balaban J connectivity index is 1.51. The first-order valence-corrected chi connectivity index (χ1v) is 13.5. The molecule has 2 heterocycles. The predicted molar refractivity (Wildman–Crippen MR) is 152 cm³/mol. The number of aromatic nitrogens is 1. The van der Waals surface area contributed by atoms with E-state index in [0.717, 1.165) is 43.6 Å². The third-order valence-electron chi connectivity index (χ3n) is 6.40. The first kappa shape index (κ1) is 29.2. The molecule has 1 amide bonds. The van der Waals surface area contributed by atoms with Crippen LogP contribution in [0, 0.1) is 6.92 Å². The first-order valence-electron chi connectivity index (χ1n) is 12.7. The van der Waals surface area contributed by atoms with Gasteiger partial charge in [-0.15, -0.1) is 0 Å². The fourth-order valence-electron chi connectivity index (χ4n) is 4.26. The Morgan fingerprint density at radius 1 is 1.23 bits per heavy atom. The number of hydrogen-bond acceptors (Lipinski definition) is 9. The van der Waals surface area contributed by atoms with E-state index in [2.05, 4.69) is 20.5 Å². The van der Waals surface area contributed by atoms with Gasteiger partial charge in [0.05, 0.1) is 21.8 Å². The van der Waals surface area contributed by atoms with Crippen LogP contribution < -0.4 is 32.0 Å². The van der Waals surface area contributed by atoms with E-state index < -0.39 is 17.6 Å². The second-order valence-electron chi connectivity index (χ2n) is 9.37. The summed E-state index contributed by atoms with van der Waals surface area (Å²) in [6.07, 6.45) is 0.733. The lowest BCUT2D eigenvalue weighted by Gasteiger charge is -2.19. The highest BCUT2D eigenvalue weighted by molar-refractivity contribution is 7.16. The van der Waals surface area contributed by atoms with Gasteiger partial charge < -0.3 is 21.1 Å². The topological polar surface area (TPSA) is 122 Å². The van der Waals surface area contributed by atoms with Crippen molar-refractivity contribution in [3.8, 4) is 5.75 Å². The van der Waals surface area contributed by atoms with Crippen molar-refractivity contribution in [2.45, 2.75) is 25.9 Å². The molecule has 13 heteroatoms. The van der Waals surface area contributed by atoms with Crippen molar-refractivity contribution in [3.63, 3.8) is 0 Å². The predicted octanol–water partition coefficient (Wildman–Crippen LogP) is 4.88. The summed E-state index contributed by atoms with van der Waals surface area (Å²) in [6, 6.07) is 8.01. The summed E-state index contributed by atoms with van der Waals surface area (Å²) < 4.78 is 46.4. The molecule has 4 rings (SSSR count). The maximum absolute atomic E-state index is 13.6. The second-order valence-corrected chi connectivity index (χ2v) is 10.4. The zero-order valence-electron chi connectivity index (χ0n) is 22.2. The van der Waals surface area contributed by atoms with Crippen molar-refractivity contribution in [2.24, 2.45) is 11.6 Å². The van der Waals surface area contributed by atoms with Crippen LogP contribution in [0.3, 0.4) is 0 Å². The Hall–Kier alpha value is -3.81. The molecule has 0 radical (unpaired) electrons. The number of anilines is 3. The molecular formula is C27H32F3N7O2S. The quantitative estimate of drug-likeness (QED) is 0.200. The monoisotopic (exact) mass is 575 g/mol. The normalized spacial score (nSPS) is 14.3. The van der Waals surface area contributed by atoms with Gasteiger partial charge in [0, 0.05) is 43.3 Å². The minimum atomic E-state index is -4.61. The summed E-state index contributed by atoms with van der Waals surface area (Å²) in [7, 11) is 1.75. The fourth-order valence-corrected chi connectivity index (χ4v) is 4.95. The van der Waals surface area contributed by atoms with Crippen molar-refractivity contribution in [1.29, 1.82) is 0 Å². The molecule has 9 nitrogen and oxygen atoms in total. The van der Waals surface area contributed by atoms with Crippen molar-refractivity contribution in [2.75, 3.05) is 48.9 Å². The Kier molecular flexibility index (Phi) is 9.17. The number of nitrogens with zero attached hydrogens (tertiary/aromatic N) is 3. The molecule has 0 saturated carbocycles. The number of nitrogens with one attached hydrogen (secondary N) is 2. The lowest BCUT2D eigenvalue weighted by Crippen LogP contribution is -2.27. The van der Waals surface area contributed by atoms with Crippen LogP contribution in [0.2, 0.25) is 0 Å². The van der Waals surface area contributed by atoms with Gasteiger partial charge in [-0.25, -0.2) is 10.8 Å². The number of hydrogen-bond donors (Lipinski definition) is 4. The molecule has 0 bridgehead atoms. The van der Waals surface area contributed by atoms with Gasteiger partial charge in [-0.05, 0) is 62.7 Å². The molecule has 40 heavy (non-hydrogen) atoms. The molecule has 3 aromatic rings. The SMILES string of the molecule is CNc1ncc(/C(N)=C/N(N)c2cc(C(=O)Nc3cc(OCCN4CCCC4)cc(C(F)(F)F)c3)ccc2C)s1. The Morgan fingerprint density at radius 2 is 1.98 bits per heavy atom. The van der Waals surface area contributed by atoms with E-state index in [9.17, 15) is 18.0 Å². The number of carbonyl (C=O) groups is 1. The minimum Gasteiger partial charge on any atom is -0.492 e. The molecule has 0 spiro atoms. The van der Waals surface area contributed by atoms with E-state index in [1.165, 1.54) is 28.6 Å². The number of ether oxygens (including phenoxy) is 1. The summed E-state index contributed by atoms with van der Waals surface area (Å²) in [4.78, 5) is 20.2. The second kappa shape index (κ2) is 12.6. The zero-order chi connectivity index (χ0) is 28.9. The molecule has 1 saturated heterocycles.